The molecule has 3 rings (SSSR count). The summed E-state index contributed by atoms with van der Waals surface area (Å²) in [6, 6.07) is 11.3. The lowest BCUT2D eigenvalue weighted by molar-refractivity contribution is -0.118. The minimum Gasteiger partial charge on any atom is -0.493 e. The molecule has 1 aliphatic rings. The van der Waals surface area contributed by atoms with Gasteiger partial charge in [0.05, 0.1) is 23.8 Å². The SMILES string of the molecule is COc1cc(C(=S)N2C[C@@H](C)O[C@@H](C)C2)cc(Br)c1OCC(=O)Nc1cccc(C)c1. The number of ether oxygens (including phenoxy) is 3. The van der Waals surface area contributed by atoms with Crippen LogP contribution in [0.1, 0.15) is 25.0 Å². The Balaban J connectivity index is 1.70. The Bertz CT molecular complexity index is 959. The highest BCUT2D eigenvalue weighted by Gasteiger charge is 2.25. The fourth-order valence-corrected chi connectivity index (χ4v) is 4.39. The van der Waals surface area contributed by atoms with Crippen molar-refractivity contribution in [3.8, 4) is 11.5 Å². The molecular formula is C23H27BrN2O4S. The van der Waals surface area contributed by atoms with Gasteiger partial charge in [0.2, 0.25) is 0 Å². The summed E-state index contributed by atoms with van der Waals surface area (Å²) in [5.41, 5.74) is 2.64. The van der Waals surface area contributed by atoms with Crippen LogP contribution in [0.2, 0.25) is 0 Å². The maximum absolute atomic E-state index is 12.3. The van der Waals surface area contributed by atoms with E-state index in [1.165, 1.54) is 0 Å². The van der Waals surface area contributed by atoms with Crippen molar-refractivity contribution in [1.82, 2.24) is 4.90 Å². The lowest BCUT2D eigenvalue weighted by Gasteiger charge is -2.37. The van der Waals surface area contributed by atoms with Crippen molar-refractivity contribution in [3.05, 3.63) is 52.0 Å². The number of morpholine rings is 1. The van der Waals surface area contributed by atoms with Crippen molar-refractivity contribution in [1.29, 1.82) is 0 Å². The Kier molecular flexibility index (Phi) is 7.91. The molecule has 0 radical (unpaired) electrons. The molecule has 1 amide bonds. The Hall–Kier alpha value is -2.16. The Labute approximate surface area is 197 Å². The molecule has 0 aromatic heterocycles. The Morgan fingerprint density at radius 2 is 1.97 bits per heavy atom. The number of halogens is 1. The van der Waals surface area contributed by atoms with Crippen LogP contribution in [-0.4, -0.2) is 54.8 Å². The van der Waals surface area contributed by atoms with E-state index in [1.807, 2.05) is 57.2 Å². The van der Waals surface area contributed by atoms with Crippen LogP contribution in [0.4, 0.5) is 5.69 Å². The van der Waals surface area contributed by atoms with Gasteiger partial charge in [-0.15, -0.1) is 0 Å². The molecule has 31 heavy (non-hydrogen) atoms. The van der Waals surface area contributed by atoms with Crippen LogP contribution < -0.4 is 14.8 Å². The van der Waals surface area contributed by atoms with Gasteiger partial charge in [-0.1, -0.05) is 24.4 Å². The molecule has 1 heterocycles. The average Bonchev–Trinajstić information content (AvgIpc) is 2.71. The molecule has 1 aliphatic heterocycles. The molecule has 166 valence electrons. The maximum atomic E-state index is 12.3. The number of anilines is 1. The first-order chi connectivity index (χ1) is 14.8. The van der Waals surface area contributed by atoms with Gasteiger partial charge in [0.25, 0.3) is 5.91 Å². The molecule has 0 unspecified atom stereocenters. The summed E-state index contributed by atoms with van der Waals surface area (Å²) in [7, 11) is 1.56. The Morgan fingerprint density at radius 3 is 2.61 bits per heavy atom. The van der Waals surface area contributed by atoms with Crippen LogP contribution in [0.25, 0.3) is 0 Å². The number of hydrogen-bond donors (Lipinski definition) is 1. The van der Waals surface area contributed by atoms with Gasteiger partial charge in [-0.25, -0.2) is 0 Å². The van der Waals surface area contributed by atoms with Gasteiger partial charge in [0.15, 0.2) is 18.1 Å². The normalized spacial score (nSPS) is 18.4. The minimum absolute atomic E-state index is 0.113. The number of aryl methyl sites for hydroxylation is 1. The number of thiocarbonyl (C=S) groups is 1. The number of methoxy groups -OCH3 is 1. The fraction of sp³-hybridized carbons (Fsp3) is 0.391. The van der Waals surface area contributed by atoms with E-state index in [4.69, 9.17) is 26.4 Å². The Morgan fingerprint density at radius 1 is 1.26 bits per heavy atom. The van der Waals surface area contributed by atoms with E-state index >= 15 is 0 Å². The summed E-state index contributed by atoms with van der Waals surface area (Å²) >= 11 is 9.28. The smallest absolute Gasteiger partial charge is 0.262 e. The number of nitrogens with zero attached hydrogens (tertiary/aromatic N) is 1. The average molecular weight is 507 g/mol. The summed E-state index contributed by atoms with van der Waals surface area (Å²) in [6.45, 7) is 7.38. The predicted molar refractivity (Wildman–Crippen MR) is 129 cm³/mol. The molecule has 8 heteroatoms. The van der Waals surface area contributed by atoms with Crippen LogP contribution >= 0.6 is 28.1 Å². The molecule has 0 saturated carbocycles. The van der Waals surface area contributed by atoms with Crippen molar-refractivity contribution >= 4 is 44.7 Å². The van der Waals surface area contributed by atoms with E-state index in [0.717, 1.165) is 34.9 Å². The summed E-state index contributed by atoms with van der Waals surface area (Å²) in [5.74, 6) is 0.706. The van der Waals surface area contributed by atoms with Crippen molar-refractivity contribution < 1.29 is 19.0 Å². The highest BCUT2D eigenvalue weighted by atomic mass is 79.9. The monoisotopic (exact) mass is 506 g/mol. The second-order valence-electron chi connectivity index (χ2n) is 7.66. The number of amides is 1. The third-order valence-electron chi connectivity index (χ3n) is 4.83. The zero-order valence-electron chi connectivity index (χ0n) is 18.1. The summed E-state index contributed by atoms with van der Waals surface area (Å²) in [6.07, 6.45) is 0.225. The second-order valence-corrected chi connectivity index (χ2v) is 8.90. The largest absolute Gasteiger partial charge is 0.493 e. The van der Waals surface area contributed by atoms with Gasteiger partial charge in [0, 0.05) is 24.3 Å². The first kappa shape index (κ1) is 23.5. The highest BCUT2D eigenvalue weighted by Crippen LogP contribution is 2.37. The molecule has 2 atom stereocenters. The van der Waals surface area contributed by atoms with E-state index in [9.17, 15) is 4.79 Å². The summed E-state index contributed by atoms with van der Waals surface area (Å²) in [5, 5.41) is 2.83. The van der Waals surface area contributed by atoms with Gasteiger partial charge >= 0.3 is 0 Å². The molecular weight excluding hydrogens is 480 g/mol. The molecule has 1 N–H and O–H groups in total. The summed E-state index contributed by atoms with van der Waals surface area (Å²) in [4.78, 5) is 15.2. The standard InChI is InChI=1S/C23H27BrN2O4S/c1-14-6-5-7-18(8-14)25-21(27)13-29-22-19(24)9-17(10-20(22)28-4)23(31)26-11-15(2)30-16(3)12-26/h5-10,15-16H,11-13H2,1-4H3,(H,25,27)/t15-,16+. The topological polar surface area (TPSA) is 60.0 Å². The number of nitrogens with one attached hydrogen (secondary N) is 1. The van der Waals surface area contributed by atoms with Crippen molar-refractivity contribution in [2.45, 2.75) is 33.0 Å². The zero-order valence-corrected chi connectivity index (χ0v) is 20.5. The van der Waals surface area contributed by atoms with Crippen LogP contribution in [0, 0.1) is 6.92 Å². The maximum Gasteiger partial charge on any atom is 0.262 e. The number of hydrogen-bond acceptors (Lipinski definition) is 5. The molecule has 0 bridgehead atoms. The van der Waals surface area contributed by atoms with Gasteiger partial charge in [-0.2, -0.15) is 0 Å². The fourth-order valence-electron chi connectivity index (χ4n) is 3.57. The van der Waals surface area contributed by atoms with Crippen molar-refractivity contribution in [2.75, 3.05) is 32.1 Å². The molecule has 6 nitrogen and oxygen atoms in total. The van der Waals surface area contributed by atoms with Crippen molar-refractivity contribution in [2.24, 2.45) is 0 Å². The van der Waals surface area contributed by atoms with E-state index in [-0.39, 0.29) is 24.7 Å². The minimum atomic E-state index is -0.254. The van der Waals surface area contributed by atoms with E-state index in [0.29, 0.717) is 16.0 Å². The van der Waals surface area contributed by atoms with Crippen LogP contribution in [-0.2, 0) is 9.53 Å². The lowest BCUT2D eigenvalue weighted by atomic mass is 10.1. The van der Waals surface area contributed by atoms with Gasteiger partial charge < -0.3 is 24.4 Å². The number of benzene rings is 2. The number of carbonyl (C=O) groups is 1. The quantitative estimate of drug-likeness (QED) is 0.579. The number of rotatable bonds is 6. The van der Waals surface area contributed by atoms with Crippen LogP contribution in [0.3, 0.4) is 0 Å². The third kappa shape index (κ3) is 6.18. The molecule has 0 aliphatic carbocycles. The van der Waals surface area contributed by atoms with E-state index in [1.54, 1.807) is 7.11 Å². The predicted octanol–water partition coefficient (Wildman–Crippen LogP) is 4.57. The molecule has 1 fully saturated rings. The molecule has 1 saturated heterocycles. The number of carbonyl (C=O) groups excluding carboxylic acids is 1. The molecule has 0 spiro atoms. The van der Waals surface area contributed by atoms with Crippen LogP contribution in [0.5, 0.6) is 11.5 Å². The first-order valence-electron chi connectivity index (χ1n) is 10.1. The second kappa shape index (κ2) is 10.4. The van der Waals surface area contributed by atoms with Crippen LogP contribution in [0.15, 0.2) is 40.9 Å². The lowest BCUT2D eigenvalue weighted by Crippen LogP contribution is -2.47. The van der Waals surface area contributed by atoms with Gasteiger partial charge in [-0.05, 0) is 66.5 Å². The van der Waals surface area contributed by atoms with E-state index in [2.05, 4.69) is 26.1 Å². The van der Waals surface area contributed by atoms with Crippen molar-refractivity contribution in [3.63, 3.8) is 0 Å². The van der Waals surface area contributed by atoms with Gasteiger partial charge in [-0.3, -0.25) is 4.79 Å². The first-order valence-corrected chi connectivity index (χ1v) is 11.3. The molecule has 2 aromatic rings. The van der Waals surface area contributed by atoms with E-state index < -0.39 is 0 Å². The van der Waals surface area contributed by atoms with Gasteiger partial charge in [0.1, 0.15) is 4.99 Å². The zero-order chi connectivity index (χ0) is 22.5. The third-order valence-corrected chi connectivity index (χ3v) is 5.92. The molecule has 2 aromatic carbocycles. The highest BCUT2D eigenvalue weighted by molar-refractivity contribution is 9.10. The summed E-state index contributed by atoms with van der Waals surface area (Å²) < 4.78 is 17.8.